The van der Waals surface area contributed by atoms with Gasteiger partial charge in [0.25, 0.3) is 0 Å². The highest BCUT2D eigenvalue weighted by Crippen LogP contribution is 2.38. The molecule has 3 heterocycles. The van der Waals surface area contributed by atoms with E-state index in [4.69, 9.17) is 4.74 Å². The van der Waals surface area contributed by atoms with Crippen LogP contribution in [0.15, 0.2) is 53.4 Å². The van der Waals surface area contributed by atoms with Crippen LogP contribution in [0.1, 0.15) is 23.2 Å². The molecule has 0 aliphatic carbocycles. The molecule has 11 heteroatoms. The lowest BCUT2D eigenvalue weighted by molar-refractivity contribution is -0.126. The number of likely N-dealkylation sites (N-methyl/N-ethyl adjacent to an activating group) is 1. The second kappa shape index (κ2) is 12.0. The summed E-state index contributed by atoms with van der Waals surface area (Å²) in [6, 6.07) is 14.2. The van der Waals surface area contributed by atoms with E-state index in [1.165, 1.54) is 12.1 Å². The van der Waals surface area contributed by atoms with Crippen LogP contribution in [0.4, 0.5) is 4.79 Å². The van der Waals surface area contributed by atoms with Gasteiger partial charge in [0, 0.05) is 67.7 Å². The van der Waals surface area contributed by atoms with E-state index >= 15 is 0 Å². The van der Waals surface area contributed by atoms with Crippen molar-refractivity contribution in [2.24, 2.45) is 5.41 Å². The number of sulfone groups is 1. The molecule has 2 aliphatic heterocycles. The highest BCUT2D eigenvalue weighted by atomic mass is 32.2. The molecule has 2 amide bonds. The number of benzene rings is 2. The maximum absolute atomic E-state index is 13.5. The zero-order chi connectivity index (χ0) is 30.1. The SMILES string of the molecule is Cc1cc(COc2ccc(S(=O)(=O)CC3(CC(=O)CO)CN(C(=O)N4CCN(C)CC4)C3)cc2)c2cccc(C)c2n1. The first-order valence-electron chi connectivity index (χ1n) is 14.2. The minimum atomic E-state index is -3.79. The molecule has 0 radical (unpaired) electrons. The van der Waals surface area contributed by atoms with Gasteiger partial charge >= 0.3 is 6.03 Å². The number of piperazine rings is 1. The standard InChI is InChI=1S/C31H38N4O6S/c1-22-5-4-6-28-24(15-23(2)32-29(22)28)18-41-26-7-9-27(10-8-26)42(39,40)21-31(16-25(37)17-36)19-35(20-31)30(38)34-13-11-33(3)12-14-34/h4-10,15,36H,11-14,16-21H2,1-3H3. The van der Waals surface area contributed by atoms with E-state index in [-0.39, 0.29) is 36.2 Å². The quantitative estimate of drug-likeness (QED) is 0.402. The number of aliphatic hydroxyl groups is 1. The molecule has 2 aromatic carbocycles. The molecule has 0 spiro atoms. The second-order valence-corrected chi connectivity index (χ2v) is 13.7. The van der Waals surface area contributed by atoms with Gasteiger partial charge < -0.3 is 24.5 Å². The molecule has 0 saturated carbocycles. The summed E-state index contributed by atoms with van der Waals surface area (Å²) in [5.74, 6) is -0.197. The molecular weight excluding hydrogens is 556 g/mol. The van der Waals surface area contributed by atoms with Crippen LogP contribution in [0.25, 0.3) is 10.9 Å². The molecule has 0 unspecified atom stereocenters. The Morgan fingerprint density at radius 1 is 1.00 bits per heavy atom. The lowest BCUT2D eigenvalue weighted by atomic mass is 9.77. The van der Waals surface area contributed by atoms with Crippen LogP contribution < -0.4 is 4.74 Å². The average molecular weight is 595 g/mol. The third-order valence-corrected chi connectivity index (χ3v) is 10.2. The molecule has 1 N–H and O–H groups in total. The number of ether oxygens (including phenoxy) is 1. The molecule has 1 aromatic heterocycles. The number of fused-ring (bicyclic) bond motifs is 1. The van der Waals surface area contributed by atoms with E-state index in [1.54, 1.807) is 21.9 Å². The van der Waals surface area contributed by atoms with Crippen molar-refractivity contribution in [1.82, 2.24) is 19.7 Å². The van der Waals surface area contributed by atoms with Gasteiger partial charge in [-0.15, -0.1) is 0 Å². The zero-order valence-electron chi connectivity index (χ0n) is 24.4. The lowest BCUT2D eigenvalue weighted by Gasteiger charge is -2.51. The van der Waals surface area contributed by atoms with E-state index in [0.29, 0.717) is 25.4 Å². The van der Waals surface area contributed by atoms with Gasteiger partial charge in [-0.1, -0.05) is 18.2 Å². The van der Waals surface area contributed by atoms with Gasteiger partial charge in [-0.25, -0.2) is 13.2 Å². The number of carbonyl (C=O) groups excluding carboxylic acids is 2. The van der Waals surface area contributed by atoms with Crippen LogP contribution in [0.5, 0.6) is 5.75 Å². The fourth-order valence-electron chi connectivity index (χ4n) is 5.94. The van der Waals surface area contributed by atoms with Crippen molar-refractivity contribution in [3.8, 4) is 5.75 Å². The molecule has 42 heavy (non-hydrogen) atoms. The summed E-state index contributed by atoms with van der Waals surface area (Å²) in [6.45, 7) is 6.70. The summed E-state index contributed by atoms with van der Waals surface area (Å²) in [5.41, 5.74) is 2.98. The third kappa shape index (κ3) is 6.43. The van der Waals surface area contributed by atoms with Crippen LogP contribution in [0.3, 0.4) is 0 Å². The van der Waals surface area contributed by atoms with Gasteiger partial charge in [-0.05, 0) is 56.8 Å². The van der Waals surface area contributed by atoms with E-state index < -0.39 is 27.6 Å². The number of carbonyl (C=O) groups is 2. The molecule has 2 saturated heterocycles. The van der Waals surface area contributed by atoms with Gasteiger partial charge in [0.05, 0.1) is 16.2 Å². The minimum absolute atomic E-state index is 0.102. The highest BCUT2D eigenvalue weighted by Gasteiger charge is 2.50. The number of hydrogen-bond donors (Lipinski definition) is 1. The van der Waals surface area contributed by atoms with Crippen molar-refractivity contribution >= 4 is 32.6 Å². The van der Waals surface area contributed by atoms with E-state index in [1.807, 2.05) is 45.2 Å². The number of ketones is 1. The first-order chi connectivity index (χ1) is 20.0. The van der Waals surface area contributed by atoms with Crippen molar-refractivity contribution in [3.63, 3.8) is 0 Å². The summed E-state index contributed by atoms with van der Waals surface area (Å²) in [6.07, 6.45) is -0.102. The smallest absolute Gasteiger partial charge is 0.320 e. The molecule has 0 atom stereocenters. The van der Waals surface area contributed by atoms with E-state index in [9.17, 15) is 23.1 Å². The Morgan fingerprint density at radius 3 is 2.36 bits per heavy atom. The fourth-order valence-corrected chi connectivity index (χ4v) is 7.75. The minimum Gasteiger partial charge on any atom is -0.489 e. The predicted molar refractivity (Wildman–Crippen MR) is 159 cm³/mol. The van der Waals surface area contributed by atoms with Crippen molar-refractivity contribution < 1.29 is 27.9 Å². The Hall–Kier alpha value is -3.54. The molecule has 5 rings (SSSR count). The summed E-state index contributed by atoms with van der Waals surface area (Å²) in [4.78, 5) is 35.5. The molecular formula is C31H38N4O6S. The van der Waals surface area contributed by atoms with Crippen LogP contribution in [-0.2, 0) is 21.2 Å². The molecule has 2 aliphatic rings. The van der Waals surface area contributed by atoms with Crippen molar-refractivity contribution in [3.05, 3.63) is 65.4 Å². The number of Topliss-reactive ketones (excluding diaryl/α,β-unsaturated/α-hetero) is 1. The number of para-hydroxylation sites is 1. The van der Waals surface area contributed by atoms with Crippen LogP contribution in [-0.4, -0.2) is 104 Å². The summed E-state index contributed by atoms with van der Waals surface area (Å²) >= 11 is 0. The Morgan fingerprint density at radius 2 is 1.69 bits per heavy atom. The molecule has 2 fully saturated rings. The van der Waals surface area contributed by atoms with Crippen LogP contribution >= 0.6 is 0 Å². The largest absolute Gasteiger partial charge is 0.489 e. The summed E-state index contributed by atoms with van der Waals surface area (Å²) < 4.78 is 33.0. The number of likely N-dealkylation sites (tertiary alicyclic amines) is 1. The molecule has 10 nitrogen and oxygen atoms in total. The first-order valence-corrected chi connectivity index (χ1v) is 15.8. The number of rotatable bonds is 9. The van der Waals surface area contributed by atoms with Gasteiger partial charge in [-0.3, -0.25) is 9.78 Å². The highest BCUT2D eigenvalue weighted by molar-refractivity contribution is 7.91. The predicted octanol–water partition coefficient (Wildman–Crippen LogP) is 2.83. The first kappa shape index (κ1) is 29.9. The fraction of sp³-hybridized carbons (Fsp3) is 0.452. The molecule has 3 aromatic rings. The zero-order valence-corrected chi connectivity index (χ0v) is 25.2. The number of hydrogen-bond acceptors (Lipinski definition) is 8. The lowest BCUT2D eigenvalue weighted by Crippen LogP contribution is -2.65. The summed E-state index contributed by atoms with van der Waals surface area (Å²) in [5, 5.41) is 10.4. The van der Waals surface area contributed by atoms with Crippen molar-refractivity contribution in [2.45, 2.75) is 31.8 Å². The van der Waals surface area contributed by atoms with Crippen molar-refractivity contribution in [2.75, 3.05) is 58.7 Å². The Balaban J connectivity index is 1.26. The number of aliphatic hydroxyl groups excluding tert-OH is 1. The van der Waals surface area contributed by atoms with Gasteiger partial charge in [-0.2, -0.15) is 0 Å². The monoisotopic (exact) mass is 594 g/mol. The Bertz CT molecular complexity index is 1580. The number of amides is 2. The number of aryl methyl sites for hydroxylation is 2. The number of urea groups is 1. The van der Waals surface area contributed by atoms with Crippen LogP contribution in [0, 0.1) is 19.3 Å². The topological polar surface area (TPSA) is 120 Å². The third-order valence-electron chi connectivity index (χ3n) is 8.17. The van der Waals surface area contributed by atoms with Gasteiger partial charge in [0.1, 0.15) is 19.0 Å². The Kier molecular flexibility index (Phi) is 8.54. The van der Waals surface area contributed by atoms with Crippen LogP contribution in [0.2, 0.25) is 0 Å². The number of aromatic nitrogens is 1. The molecule has 224 valence electrons. The maximum atomic E-state index is 13.5. The van der Waals surface area contributed by atoms with Crippen molar-refractivity contribution in [1.29, 1.82) is 0 Å². The second-order valence-electron chi connectivity index (χ2n) is 11.7. The van der Waals surface area contributed by atoms with E-state index in [2.05, 4.69) is 9.88 Å². The van der Waals surface area contributed by atoms with E-state index in [0.717, 1.165) is 40.8 Å². The Labute approximate surface area is 246 Å². The molecule has 0 bridgehead atoms. The average Bonchev–Trinajstić information content (AvgIpc) is 2.95. The normalized spacial score (nSPS) is 17.2. The van der Waals surface area contributed by atoms with Gasteiger partial charge in [0.2, 0.25) is 0 Å². The van der Waals surface area contributed by atoms with Gasteiger partial charge in [0.15, 0.2) is 15.6 Å². The maximum Gasteiger partial charge on any atom is 0.320 e. The summed E-state index contributed by atoms with van der Waals surface area (Å²) in [7, 11) is -1.79. The number of pyridine rings is 1. The number of nitrogens with zero attached hydrogens (tertiary/aromatic N) is 4.